The predicted molar refractivity (Wildman–Crippen MR) is 59.7 cm³/mol. The number of carbonyl (C=O) groups is 1. The molecule has 1 fully saturated rings. The van der Waals surface area contributed by atoms with E-state index in [0.29, 0.717) is 6.10 Å². The molecule has 2 unspecified atom stereocenters. The highest BCUT2D eigenvalue weighted by Gasteiger charge is 2.46. The molecule has 1 heterocycles. The second kappa shape index (κ2) is 4.09. The summed E-state index contributed by atoms with van der Waals surface area (Å²) < 4.78 is 5.55. The van der Waals surface area contributed by atoms with Gasteiger partial charge in [0, 0.05) is 5.92 Å². The van der Waals surface area contributed by atoms with Crippen LogP contribution in [0, 0.1) is 5.92 Å². The lowest BCUT2D eigenvalue weighted by Crippen LogP contribution is -2.09. The third-order valence-corrected chi connectivity index (χ3v) is 3.58. The minimum absolute atomic E-state index is 0.110. The Morgan fingerprint density at radius 3 is 2.93 bits per heavy atom. The highest BCUT2D eigenvalue weighted by molar-refractivity contribution is 5.54. The van der Waals surface area contributed by atoms with E-state index in [-0.39, 0.29) is 11.5 Å². The Kier molecular flexibility index (Phi) is 2.96. The molecule has 0 spiro atoms. The number of allylic oxidation sites excluding steroid dienone is 2. The molecule has 84 valence electrons. The van der Waals surface area contributed by atoms with Crippen molar-refractivity contribution < 1.29 is 9.53 Å². The van der Waals surface area contributed by atoms with Gasteiger partial charge in [0.15, 0.2) is 0 Å². The van der Waals surface area contributed by atoms with Gasteiger partial charge < -0.3 is 9.53 Å². The topological polar surface area (TPSA) is 29.6 Å². The smallest absolute Gasteiger partial charge is 0.123 e. The number of hydrogen-bond acceptors (Lipinski definition) is 2. The van der Waals surface area contributed by atoms with Gasteiger partial charge in [0.1, 0.15) is 6.29 Å². The van der Waals surface area contributed by atoms with Crippen LogP contribution in [0.25, 0.3) is 0 Å². The Morgan fingerprint density at radius 1 is 1.60 bits per heavy atom. The molecule has 0 aromatic rings. The largest absolute Gasteiger partial charge is 0.367 e. The second-order valence-electron chi connectivity index (χ2n) is 5.29. The molecule has 15 heavy (non-hydrogen) atoms. The van der Waals surface area contributed by atoms with Crippen LogP contribution in [-0.2, 0) is 9.53 Å². The Labute approximate surface area is 91.7 Å². The van der Waals surface area contributed by atoms with Gasteiger partial charge in [0.2, 0.25) is 0 Å². The third-order valence-electron chi connectivity index (χ3n) is 3.58. The van der Waals surface area contributed by atoms with Gasteiger partial charge in [-0.1, -0.05) is 11.6 Å². The van der Waals surface area contributed by atoms with Gasteiger partial charge in [-0.15, -0.1) is 0 Å². The van der Waals surface area contributed by atoms with Crippen LogP contribution in [0.4, 0.5) is 0 Å². The lowest BCUT2D eigenvalue weighted by atomic mass is 9.87. The number of aldehydes is 1. The first kappa shape index (κ1) is 10.9. The first-order chi connectivity index (χ1) is 7.12. The summed E-state index contributed by atoms with van der Waals surface area (Å²) in [6, 6.07) is 0. The Morgan fingerprint density at radius 2 is 2.33 bits per heavy atom. The molecule has 1 aliphatic heterocycles. The quantitative estimate of drug-likeness (QED) is 0.404. The van der Waals surface area contributed by atoms with Crippen LogP contribution in [0.3, 0.4) is 0 Å². The summed E-state index contributed by atoms with van der Waals surface area (Å²) in [5, 5.41) is 0. The molecular formula is C13H20O2. The number of rotatable bonds is 4. The van der Waals surface area contributed by atoms with Crippen LogP contribution < -0.4 is 0 Å². The highest BCUT2D eigenvalue weighted by Crippen LogP contribution is 2.39. The maximum atomic E-state index is 10.7. The third kappa shape index (κ3) is 2.69. The predicted octanol–water partition coefficient (Wildman–Crippen LogP) is 2.87. The lowest BCUT2D eigenvalue weighted by molar-refractivity contribution is -0.111. The van der Waals surface area contributed by atoms with E-state index in [1.807, 2.05) is 0 Å². The average molecular weight is 208 g/mol. The van der Waals surface area contributed by atoms with Gasteiger partial charge in [-0.3, -0.25) is 0 Å². The van der Waals surface area contributed by atoms with E-state index in [9.17, 15) is 4.79 Å². The van der Waals surface area contributed by atoms with Gasteiger partial charge >= 0.3 is 0 Å². The number of carbonyl (C=O) groups excluding carboxylic acids is 1. The van der Waals surface area contributed by atoms with E-state index in [1.54, 1.807) is 0 Å². The normalized spacial score (nSPS) is 33.3. The first-order valence-electron chi connectivity index (χ1n) is 5.93. The van der Waals surface area contributed by atoms with E-state index >= 15 is 0 Å². The molecule has 2 atom stereocenters. The van der Waals surface area contributed by atoms with Crippen LogP contribution >= 0.6 is 0 Å². The van der Waals surface area contributed by atoms with Crippen molar-refractivity contribution in [3.8, 4) is 0 Å². The van der Waals surface area contributed by atoms with Crippen molar-refractivity contribution in [1.29, 1.82) is 0 Å². The van der Waals surface area contributed by atoms with E-state index in [4.69, 9.17) is 4.74 Å². The SMILES string of the molecule is CC1(C)OC1CCC1=CCCC(C=O)C1. The molecule has 1 saturated heterocycles. The zero-order chi connectivity index (χ0) is 10.9. The maximum absolute atomic E-state index is 10.7. The molecule has 1 aliphatic carbocycles. The summed E-state index contributed by atoms with van der Waals surface area (Å²) in [5.41, 5.74) is 1.57. The molecule has 2 heteroatoms. The molecule has 0 amide bonds. The van der Waals surface area contributed by atoms with Crippen molar-refractivity contribution in [3.63, 3.8) is 0 Å². The van der Waals surface area contributed by atoms with Gasteiger partial charge in [0.25, 0.3) is 0 Å². The standard InChI is InChI=1S/C13H20O2/c1-13(2)12(15-13)7-6-10-4-3-5-11(8-10)9-14/h4,9,11-12H,3,5-8H2,1-2H3. The van der Waals surface area contributed by atoms with Gasteiger partial charge in [0.05, 0.1) is 11.7 Å². The van der Waals surface area contributed by atoms with Crippen LogP contribution in [0.1, 0.15) is 46.0 Å². The summed E-state index contributed by atoms with van der Waals surface area (Å²) >= 11 is 0. The Balaban J connectivity index is 1.75. The molecule has 2 aliphatic rings. The monoisotopic (exact) mass is 208 g/mol. The van der Waals surface area contributed by atoms with Crippen molar-refractivity contribution >= 4 is 6.29 Å². The maximum Gasteiger partial charge on any atom is 0.123 e. The summed E-state index contributed by atoms with van der Waals surface area (Å²) in [5.74, 6) is 0.276. The molecule has 2 nitrogen and oxygen atoms in total. The van der Waals surface area contributed by atoms with E-state index in [2.05, 4.69) is 19.9 Å². The van der Waals surface area contributed by atoms with E-state index < -0.39 is 0 Å². The fourth-order valence-electron chi connectivity index (χ4n) is 2.40. The van der Waals surface area contributed by atoms with Gasteiger partial charge in [-0.2, -0.15) is 0 Å². The zero-order valence-electron chi connectivity index (χ0n) is 9.66. The Bertz CT molecular complexity index is 278. The van der Waals surface area contributed by atoms with Gasteiger partial charge in [-0.25, -0.2) is 0 Å². The molecular weight excluding hydrogens is 188 g/mol. The summed E-state index contributed by atoms with van der Waals surface area (Å²) in [4.78, 5) is 10.7. The van der Waals surface area contributed by atoms with Crippen molar-refractivity contribution in [3.05, 3.63) is 11.6 Å². The lowest BCUT2D eigenvalue weighted by Gasteiger charge is -2.17. The van der Waals surface area contributed by atoms with Gasteiger partial charge in [-0.05, 0) is 46.0 Å². The molecule has 0 bridgehead atoms. The molecule has 0 saturated carbocycles. The molecule has 0 N–H and O–H groups in total. The molecule has 0 aromatic heterocycles. The summed E-state index contributed by atoms with van der Waals surface area (Å²) in [6.45, 7) is 4.28. The molecule has 0 aromatic carbocycles. The number of hydrogen-bond donors (Lipinski definition) is 0. The van der Waals surface area contributed by atoms with Crippen molar-refractivity contribution in [2.45, 2.75) is 57.7 Å². The fraction of sp³-hybridized carbons (Fsp3) is 0.769. The molecule has 2 rings (SSSR count). The van der Waals surface area contributed by atoms with Crippen LogP contribution in [0.15, 0.2) is 11.6 Å². The minimum Gasteiger partial charge on any atom is -0.367 e. The summed E-state index contributed by atoms with van der Waals surface area (Å²) in [6.07, 6.45) is 9.20. The zero-order valence-corrected chi connectivity index (χ0v) is 9.66. The van der Waals surface area contributed by atoms with Crippen LogP contribution in [-0.4, -0.2) is 18.0 Å². The van der Waals surface area contributed by atoms with E-state index in [1.165, 1.54) is 5.57 Å². The first-order valence-corrected chi connectivity index (χ1v) is 5.93. The van der Waals surface area contributed by atoms with Crippen molar-refractivity contribution in [2.75, 3.05) is 0 Å². The van der Waals surface area contributed by atoms with Crippen molar-refractivity contribution in [2.24, 2.45) is 5.92 Å². The number of ether oxygens (including phenoxy) is 1. The minimum atomic E-state index is 0.110. The average Bonchev–Trinajstić information content (AvgIpc) is 2.84. The van der Waals surface area contributed by atoms with Crippen LogP contribution in [0.2, 0.25) is 0 Å². The highest BCUT2D eigenvalue weighted by atomic mass is 16.6. The number of epoxide rings is 1. The second-order valence-corrected chi connectivity index (χ2v) is 5.29. The van der Waals surface area contributed by atoms with Crippen LogP contribution in [0.5, 0.6) is 0 Å². The Hall–Kier alpha value is -0.630. The van der Waals surface area contributed by atoms with E-state index in [0.717, 1.165) is 38.4 Å². The van der Waals surface area contributed by atoms with Crippen molar-refractivity contribution in [1.82, 2.24) is 0 Å². The molecule has 0 radical (unpaired) electrons. The summed E-state index contributed by atoms with van der Waals surface area (Å²) in [7, 11) is 0. The fourth-order valence-corrected chi connectivity index (χ4v) is 2.40.